The monoisotopic (exact) mass is 354 g/mol. The number of ether oxygens (including phenoxy) is 2. The Balaban J connectivity index is 1.74. The van der Waals surface area contributed by atoms with Crippen molar-refractivity contribution in [3.63, 3.8) is 0 Å². The Labute approximate surface area is 152 Å². The second-order valence-electron chi connectivity index (χ2n) is 6.13. The fourth-order valence-corrected chi connectivity index (χ4v) is 3.28. The van der Waals surface area contributed by atoms with E-state index in [0.29, 0.717) is 24.5 Å². The zero-order valence-electron chi connectivity index (χ0n) is 15.1. The molecule has 1 aliphatic heterocycles. The van der Waals surface area contributed by atoms with Crippen LogP contribution < -0.4 is 19.7 Å². The van der Waals surface area contributed by atoms with Crippen molar-refractivity contribution in [1.29, 1.82) is 0 Å². The summed E-state index contributed by atoms with van der Waals surface area (Å²) < 4.78 is 10.5. The van der Waals surface area contributed by atoms with Crippen LogP contribution in [-0.4, -0.2) is 32.1 Å². The van der Waals surface area contributed by atoms with Crippen LogP contribution in [0.5, 0.6) is 11.5 Å². The van der Waals surface area contributed by atoms with Crippen LogP contribution in [0.3, 0.4) is 0 Å². The summed E-state index contributed by atoms with van der Waals surface area (Å²) in [7, 11) is 3.16. The number of carbonyl (C=O) groups excluding carboxylic acids is 2. The molecule has 6 heteroatoms. The van der Waals surface area contributed by atoms with Crippen LogP contribution in [0.2, 0.25) is 0 Å². The second-order valence-corrected chi connectivity index (χ2v) is 6.13. The lowest BCUT2D eigenvalue weighted by atomic mass is 10.1. The van der Waals surface area contributed by atoms with E-state index >= 15 is 0 Å². The highest BCUT2D eigenvalue weighted by molar-refractivity contribution is 6.02. The normalized spacial score (nSPS) is 15.3. The molecule has 1 atom stereocenters. The van der Waals surface area contributed by atoms with Crippen molar-refractivity contribution in [2.45, 2.75) is 25.9 Å². The number of methoxy groups -OCH3 is 2. The summed E-state index contributed by atoms with van der Waals surface area (Å²) >= 11 is 0. The first-order valence-electron chi connectivity index (χ1n) is 8.41. The Bertz CT molecular complexity index is 834. The van der Waals surface area contributed by atoms with Crippen molar-refractivity contribution in [3.8, 4) is 11.5 Å². The Kier molecular flexibility index (Phi) is 5.11. The molecule has 3 rings (SSSR count). The Morgan fingerprint density at radius 3 is 2.62 bits per heavy atom. The maximum absolute atomic E-state index is 12.8. The van der Waals surface area contributed by atoms with Gasteiger partial charge in [-0.05, 0) is 23.8 Å². The maximum Gasteiger partial charge on any atom is 0.243 e. The van der Waals surface area contributed by atoms with Crippen molar-refractivity contribution in [1.82, 2.24) is 5.32 Å². The number of benzene rings is 2. The summed E-state index contributed by atoms with van der Waals surface area (Å²) in [5, 5.41) is 2.92. The second kappa shape index (κ2) is 7.47. The number of fused-ring (bicyclic) bond motifs is 1. The number of amides is 2. The van der Waals surface area contributed by atoms with E-state index in [0.717, 1.165) is 16.8 Å². The average molecular weight is 354 g/mol. The number of hydrogen-bond acceptors (Lipinski definition) is 4. The van der Waals surface area contributed by atoms with Gasteiger partial charge >= 0.3 is 0 Å². The molecule has 0 aliphatic carbocycles. The van der Waals surface area contributed by atoms with Gasteiger partial charge in [-0.1, -0.05) is 18.2 Å². The van der Waals surface area contributed by atoms with Crippen LogP contribution in [0, 0.1) is 0 Å². The van der Waals surface area contributed by atoms with Crippen LogP contribution in [0.1, 0.15) is 18.1 Å². The summed E-state index contributed by atoms with van der Waals surface area (Å²) in [6.07, 6.45) is 0.515. The van der Waals surface area contributed by atoms with Gasteiger partial charge in [0.1, 0.15) is 17.5 Å². The van der Waals surface area contributed by atoms with Gasteiger partial charge in [0.2, 0.25) is 11.8 Å². The third-order valence-electron chi connectivity index (χ3n) is 4.57. The first-order chi connectivity index (χ1) is 12.5. The molecule has 0 bridgehead atoms. The van der Waals surface area contributed by atoms with E-state index in [-0.39, 0.29) is 11.8 Å². The number of anilines is 1. The Hall–Kier alpha value is -3.02. The largest absolute Gasteiger partial charge is 0.497 e. The highest BCUT2D eigenvalue weighted by atomic mass is 16.5. The maximum atomic E-state index is 12.8. The van der Waals surface area contributed by atoms with Crippen molar-refractivity contribution in [2.75, 3.05) is 19.1 Å². The molecule has 0 saturated carbocycles. The molecular formula is C20H22N2O4. The topological polar surface area (TPSA) is 67.9 Å². The van der Waals surface area contributed by atoms with Gasteiger partial charge in [0.05, 0.1) is 14.2 Å². The first-order valence-corrected chi connectivity index (χ1v) is 8.41. The standard InChI is InChI=1S/C20H22N2O4/c1-13(23)22-17-7-5-4-6-14(17)10-18(22)20(24)21-12-15-8-9-16(25-2)11-19(15)26-3/h4-9,11,18H,10,12H2,1-3H3,(H,21,24)/t18-/m0/s1. The quantitative estimate of drug-likeness (QED) is 0.895. The first kappa shape index (κ1) is 17.8. The van der Waals surface area contributed by atoms with Crippen molar-refractivity contribution in [2.24, 2.45) is 0 Å². The number of nitrogens with one attached hydrogen (secondary N) is 1. The summed E-state index contributed by atoms with van der Waals surface area (Å²) in [6.45, 7) is 1.79. The summed E-state index contributed by atoms with van der Waals surface area (Å²) in [4.78, 5) is 26.4. The highest BCUT2D eigenvalue weighted by Crippen LogP contribution is 2.32. The molecule has 1 aliphatic rings. The summed E-state index contributed by atoms with van der Waals surface area (Å²) in [5.41, 5.74) is 2.65. The molecule has 26 heavy (non-hydrogen) atoms. The fraction of sp³-hybridized carbons (Fsp3) is 0.300. The zero-order chi connectivity index (χ0) is 18.7. The van der Waals surface area contributed by atoms with Crippen LogP contribution in [0.4, 0.5) is 5.69 Å². The van der Waals surface area contributed by atoms with Crippen molar-refractivity contribution in [3.05, 3.63) is 53.6 Å². The minimum Gasteiger partial charge on any atom is -0.497 e. The SMILES string of the molecule is COc1ccc(CNC(=O)[C@@H]2Cc3ccccc3N2C(C)=O)c(OC)c1. The molecule has 0 fully saturated rings. The Morgan fingerprint density at radius 2 is 1.92 bits per heavy atom. The molecule has 0 aromatic heterocycles. The van der Waals surface area contributed by atoms with Gasteiger partial charge in [-0.2, -0.15) is 0 Å². The van der Waals surface area contributed by atoms with Gasteiger partial charge in [-0.3, -0.25) is 14.5 Å². The van der Waals surface area contributed by atoms with Crippen LogP contribution in [-0.2, 0) is 22.6 Å². The number of carbonyl (C=O) groups is 2. The van der Waals surface area contributed by atoms with E-state index in [1.54, 1.807) is 25.2 Å². The molecule has 0 unspecified atom stereocenters. The van der Waals surface area contributed by atoms with E-state index in [2.05, 4.69) is 5.32 Å². The molecule has 2 amide bonds. The van der Waals surface area contributed by atoms with Gasteiger partial charge in [-0.15, -0.1) is 0 Å². The molecular weight excluding hydrogens is 332 g/mol. The molecule has 1 N–H and O–H groups in total. The molecule has 0 radical (unpaired) electrons. The van der Waals surface area contributed by atoms with E-state index in [9.17, 15) is 9.59 Å². The predicted molar refractivity (Wildman–Crippen MR) is 98.5 cm³/mol. The Morgan fingerprint density at radius 1 is 1.15 bits per heavy atom. The van der Waals surface area contributed by atoms with Crippen molar-refractivity contribution < 1.29 is 19.1 Å². The number of nitrogens with zero attached hydrogens (tertiary/aromatic N) is 1. The lowest BCUT2D eigenvalue weighted by Crippen LogP contribution is -2.47. The van der Waals surface area contributed by atoms with Crippen LogP contribution in [0.15, 0.2) is 42.5 Å². The minimum absolute atomic E-state index is 0.142. The van der Waals surface area contributed by atoms with E-state index in [1.807, 2.05) is 36.4 Å². The number of hydrogen-bond donors (Lipinski definition) is 1. The van der Waals surface area contributed by atoms with Crippen LogP contribution in [0.25, 0.3) is 0 Å². The lowest BCUT2D eigenvalue weighted by Gasteiger charge is -2.23. The van der Waals surface area contributed by atoms with E-state index < -0.39 is 6.04 Å². The predicted octanol–water partition coefficient (Wildman–Crippen LogP) is 2.30. The fourth-order valence-electron chi connectivity index (χ4n) is 3.28. The van der Waals surface area contributed by atoms with E-state index in [4.69, 9.17) is 9.47 Å². The van der Waals surface area contributed by atoms with Crippen molar-refractivity contribution >= 4 is 17.5 Å². The average Bonchev–Trinajstić information content (AvgIpc) is 3.05. The minimum atomic E-state index is -0.533. The van der Waals surface area contributed by atoms with Gasteiger partial charge in [0, 0.05) is 37.2 Å². The number of para-hydroxylation sites is 1. The molecule has 0 saturated heterocycles. The summed E-state index contributed by atoms with van der Waals surface area (Å²) in [5.74, 6) is 1.00. The van der Waals surface area contributed by atoms with Gasteiger partial charge in [-0.25, -0.2) is 0 Å². The molecule has 2 aromatic carbocycles. The molecule has 136 valence electrons. The third-order valence-corrected chi connectivity index (χ3v) is 4.57. The van der Waals surface area contributed by atoms with Gasteiger partial charge < -0.3 is 14.8 Å². The van der Waals surface area contributed by atoms with E-state index in [1.165, 1.54) is 6.92 Å². The smallest absolute Gasteiger partial charge is 0.243 e. The van der Waals surface area contributed by atoms with Gasteiger partial charge in [0.15, 0.2) is 0 Å². The van der Waals surface area contributed by atoms with Gasteiger partial charge in [0.25, 0.3) is 0 Å². The molecule has 0 spiro atoms. The molecule has 6 nitrogen and oxygen atoms in total. The third kappa shape index (κ3) is 3.35. The summed E-state index contributed by atoms with van der Waals surface area (Å²) in [6, 6.07) is 12.5. The van der Waals surface area contributed by atoms with Crippen LogP contribution >= 0.6 is 0 Å². The lowest BCUT2D eigenvalue weighted by molar-refractivity contribution is -0.125. The molecule has 2 aromatic rings. The highest BCUT2D eigenvalue weighted by Gasteiger charge is 2.36. The zero-order valence-corrected chi connectivity index (χ0v) is 15.1. The number of rotatable bonds is 5. The molecule has 1 heterocycles.